The van der Waals surface area contributed by atoms with Gasteiger partial charge in [0.1, 0.15) is 6.04 Å². The molecule has 2 N–H and O–H groups in total. The molecule has 1 aromatic rings. The molecule has 0 aliphatic heterocycles. The Morgan fingerprint density at radius 1 is 1.40 bits per heavy atom. The minimum atomic E-state index is -0.773. The molecule has 3 nitrogen and oxygen atoms in total. The maximum absolute atomic E-state index is 10.7. The average Bonchev–Trinajstić information content (AvgIpc) is 2.25. The highest BCUT2D eigenvalue weighted by atomic mass is 16.4. The number of aliphatic carboxylic acids is 1. The third kappa shape index (κ3) is 4.13. The van der Waals surface area contributed by atoms with Gasteiger partial charge in [-0.05, 0) is 31.9 Å². The van der Waals surface area contributed by atoms with Crippen LogP contribution in [-0.2, 0) is 11.2 Å². The molecule has 0 aromatic heterocycles. The molecule has 1 unspecified atom stereocenters. The van der Waals surface area contributed by atoms with Crippen molar-refractivity contribution in [2.24, 2.45) is 0 Å². The van der Waals surface area contributed by atoms with Crippen molar-refractivity contribution in [3.05, 3.63) is 35.9 Å². The molecule has 0 aliphatic rings. The van der Waals surface area contributed by atoms with Crippen molar-refractivity contribution in [1.82, 2.24) is 5.32 Å². The Morgan fingerprint density at radius 2 is 2.07 bits per heavy atom. The largest absolute Gasteiger partial charge is 0.480 e. The van der Waals surface area contributed by atoms with E-state index >= 15 is 0 Å². The van der Waals surface area contributed by atoms with Gasteiger partial charge in [-0.25, -0.2) is 0 Å². The van der Waals surface area contributed by atoms with Crippen LogP contribution >= 0.6 is 0 Å². The van der Waals surface area contributed by atoms with Gasteiger partial charge in [-0.15, -0.1) is 0 Å². The first-order chi connectivity index (χ1) is 7.24. The first kappa shape index (κ1) is 11.7. The minimum absolute atomic E-state index is 0.422. The smallest absolute Gasteiger partial charge is 0.320 e. The molecule has 1 aromatic carbocycles. The highest BCUT2D eigenvalue weighted by molar-refractivity contribution is 5.73. The van der Waals surface area contributed by atoms with Crippen LogP contribution in [0.2, 0.25) is 0 Å². The molecule has 0 radical (unpaired) electrons. The van der Waals surface area contributed by atoms with Crippen LogP contribution < -0.4 is 5.32 Å². The molecule has 0 bridgehead atoms. The lowest BCUT2D eigenvalue weighted by atomic mass is 10.1. The number of hydrogen-bond donors (Lipinski definition) is 2. The van der Waals surface area contributed by atoms with E-state index in [0.717, 1.165) is 12.8 Å². The standard InChI is InChI=1S/C12H17NO2/c1-13-11(12(14)15)9-5-8-10-6-3-2-4-7-10/h2-4,6-7,11,13H,5,8-9H2,1H3,(H,14,15). The second-order valence-corrected chi connectivity index (χ2v) is 3.56. The molecule has 1 rings (SSSR count). The fourth-order valence-electron chi connectivity index (χ4n) is 1.55. The summed E-state index contributed by atoms with van der Waals surface area (Å²) in [4.78, 5) is 10.7. The molecular weight excluding hydrogens is 190 g/mol. The van der Waals surface area contributed by atoms with E-state index in [1.54, 1.807) is 7.05 Å². The number of nitrogens with one attached hydrogen (secondary N) is 1. The van der Waals surface area contributed by atoms with E-state index in [9.17, 15) is 4.79 Å². The van der Waals surface area contributed by atoms with E-state index < -0.39 is 12.0 Å². The second kappa shape index (κ2) is 6.19. The summed E-state index contributed by atoms with van der Waals surface area (Å²) in [5.74, 6) is -0.773. The number of benzene rings is 1. The van der Waals surface area contributed by atoms with Gasteiger partial charge in [-0.3, -0.25) is 4.79 Å². The van der Waals surface area contributed by atoms with Crippen molar-refractivity contribution < 1.29 is 9.90 Å². The SMILES string of the molecule is CNC(CCCc1ccccc1)C(=O)O. The quantitative estimate of drug-likeness (QED) is 0.746. The topological polar surface area (TPSA) is 49.3 Å². The Hall–Kier alpha value is -1.35. The van der Waals surface area contributed by atoms with E-state index in [4.69, 9.17) is 5.11 Å². The Bertz CT molecular complexity index is 298. The molecule has 0 aliphatic carbocycles. The molecule has 1 atom stereocenters. The number of hydrogen-bond acceptors (Lipinski definition) is 2. The first-order valence-corrected chi connectivity index (χ1v) is 5.18. The molecule has 0 saturated carbocycles. The highest BCUT2D eigenvalue weighted by Gasteiger charge is 2.13. The minimum Gasteiger partial charge on any atom is -0.480 e. The van der Waals surface area contributed by atoms with Crippen LogP contribution in [0.5, 0.6) is 0 Å². The van der Waals surface area contributed by atoms with Crippen LogP contribution in [0, 0.1) is 0 Å². The molecule has 3 heteroatoms. The zero-order chi connectivity index (χ0) is 11.1. The van der Waals surface area contributed by atoms with Crippen LogP contribution in [0.25, 0.3) is 0 Å². The molecule has 0 saturated heterocycles. The molecule has 0 heterocycles. The fourth-order valence-corrected chi connectivity index (χ4v) is 1.55. The van der Waals surface area contributed by atoms with Crippen LogP contribution in [-0.4, -0.2) is 24.2 Å². The molecular formula is C12H17NO2. The summed E-state index contributed by atoms with van der Waals surface area (Å²) in [7, 11) is 1.68. The molecule has 82 valence electrons. The normalized spacial score (nSPS) is 12.3. The lowest BCUT2D eigenvalue weighted by molar-refractivity contribution is -0.139. The number of carbonyl (C=O) groups is 1. The lowest BCUT2D eigenvalue weighted by Gasteiger charge is -2.10. The summed E-state index contributed by atoms with van der Waals surface area (Å²) in [5, 5.41) is 11.6. The summed E-state index contributed by atoms with van der Waals surface area (Å²) in [6.07, 6.45) is 2.49. The van der Waals surface area contributed by atoms with Crippen LogP contribution in [0.3, 0.4) is 0 Å². The van der Waals surface area contributed by atoms with E-state index in [2.05, 4.69) is 17.4 Å². The summed E-state index contributed by atoms with van der Waals surface area (Å²) in [5.41, 5.74) is 1.26. The van der Waals surface area contributed by atoms with E-state index in [1.807, 2.05) is 18.2 Å². The van der Waals surface area contributed by atoms with E-state index in [1.165, 1.54) is 5.56 Å². The number of likely N-dealkylation sites (N-methyl/N-ethyl adjacent to an activating group) is 1. The van der Waals surface area contributed by atoms with E-state index in [0.29, 0.717) is 6.42 Å². The van der Waals surface area contributed by atoms with Gasteiger partial charge in [0.2, 0.25) is 0 Å². The van der Waals surface area contributed by atoms with Gasteiger partial charge in [-0.1, -0.05) is 30.3 Å². The second-order valence-electron chi connectivity index (χ2n) is 3.56. The predicted octanol–water partition coefficient (Wildman–Crippen LogP) is 1.68. The van der Waals surface area contributed by atoms with Crippen LogP contribution in [0.1, 0.15) is 18.4 Å². The van der Waals surface area contributed by atoms with Gasteiger partial charge in [0.25, 0.3) is 0 Å². The van der Waals surface area contributed by atoms with Crippen molar-refractivity contribution in [1.29, 1.82) is 0 Å². The Kier molecular flexibility index (Phi) is 4.84. The Labute approximate surface area is 90.1 Å². The van der Waals surface area contributed by atoms with Crippen molar-refractivity contribution in [2.45, 2.75) is 25.3 Å². The van der Waals surface area contributed by atoms with Crippen molar-refractivity contribution in [3.8, 4) is 0 Å². The zero-order valence-electron chi connectivity index (χ0n) is 8.94. The van der Waals surface area contributed by atoms with Gasteiger partial charge in [-0.2, -0.15) is 0 Å². The van der Waals surface area contributed by atoms with Crippen LogP contribution in [0.15, 0.2) is 30.3 Å². The van der Waals surface area contributed by atoms with Gasteiger partial charge >= 0.3 is 5.97 Å². The average molecular weight is 207 g/mol. The number of aryl methyl sites for hydroxylation is 1. The number of rotatable bonds is 6. The maximum atomic E-state index is 10.7. The zero-order valence-corrected chi connectivity index (χ0v) is 8.94. The molecule has 15 heavy (non-hydrogen) atoms. The van der Waals surface area contributed by atoms with Crippen LogP contribution in [0.4, 0.5) is 0 Å². The molecule has 0 amide bonds. The van der Waals surface area contributed by atoms with Gasteiger partial charge in [0.05, 0.1) is 0 Å². The Balaban J connectivity index is 2.30. The first-order valence-electron chi connectivity index (χ1n) is 5.18. The summed E-state index contributed by atoms with van der Waals surface area (Å²) in [6.45, 7) is 0. The van der Waals surface area contributed by atoms with Crippen molar-refractivity contribution in [3.63, 3.8) is 0 Å². The molecule has 0 fully saturated rings. The highest BCUT2D eigenvalue weighted by Crippen LogP contribution is 2.06. The fraction of sp³-hybridized carbons (Fsp3) is 0.417. The third-order valence-corrected chi connectivity index (χ3v) is 2.45. The summed E-state index contributed by atoms with van der Waals surface area (Å²) < 4.78 is 0. The van der Waals surface area contributed by atoms with Crippen molar-refractivity contribution >= 4 is 5.97 Å². The summed E-state index contributed by atoms with van der Waals surface area (Å²) in [6, 6.07) is 9.69. The van der Waals surface area contributed by atoms with E-state index in [-0.39, 0.29) is 0 Å². The number of carboxylic acids is 1. The third-order valence-electron chi connectivity index (χ3n) is 2.45. The van der Waals surface area contributed by atoms with Gasteiger partial charge < -0.3 is 10.4 Å². The lowest BCUT2D eigenvalue weighted by Crippen LogP contribution is -2.33. The van der Waals surface area contributed by atoms with Crippen molar-refractivity contribution in [2.75, 3.05) is 7.05 Å². The number of carboxylic acid groups (broad SMARTS) is 1. The Morgan fingerprint density at radius 3 is 2.60 bits per heavy atom. The molecule has 0 spiro atoms. The van der Waals surface area contributed by atoms with Gasteiger partial charge in [0, 0.05) is 0 Å². The van der Waals surface area contributed by atoms with Gasteiger partial charge in [0.15, 0.2) is 0 Å². The monoisotopic (exact) mass is 207 g/mol. The predicted molar refractivity (Wildman–Crippen MR) is 59.9 cm³/mol. The summed E-state index contributed by atoms with van der Waals surface area (Å²) >= 11 is 0. The maximum Gasteiger partial charge on any atom is 0.320 e.